The molecule has 2 rings (SSSR count). The maximum absolute atomic E-state index is 5.64. The zero-order valence-electron chi connectivity index (χ0n) is 10.1. The van der Waals surface area contributed by atoms with E-state index in [1.807, 2.05) is 30.3 Å². The molecule has 0 aliphatic carbocycles. The van der Waals surface area contributed by atoms with E-state index in [0.717, 1.165) is 25.3 Å². The highest BCUT2D eigenvalue weighted by Crippen LogP contribution is 2.09. The molecule has 0 aliphatic rings. The summed E-state index contributed by atoms with van der Waals surface area (Å²) in [6.45, 7) is 1.92. The van der Waals surface area contributed by atoms with Gasteiger partial charge in [-0.25, -0.2) is 0 Å². The molecule has 0 atom stereocenters. The SMILES string of the molecule is c1ccc(OCCCCCn2cccc2)cc1. The highest BCUT2D eigenvalue weighted by molar-refractivity contribution is 5.20. The van der Waals surface area contributed by atoms with Crippen molar-refractivity contribution < 1.29 is 4.74 Å². The second kappa shape index (κ2) is 6.79. The summed E-state index contributed by atoms with van der Waals surface area (Å²) < 4.78 is 7.86. The number of aromatic nitrogens is 1. The largest absolute Gasteiger partial charge is 0.494 e. The number of aryl methyl sites for hydroxylation is 1. The Morgan fingerprint density at radius 2 is 1.59 bits per heavy atom. The molecule has 0 amide bonds. The van der Waals surface area contributed by atoms with Gasteiger partial charge in [-0.3, -0.25) is 0 Å². The quantitative estimate of drug-likeness (QED) is 0.660. The summed E-state index contributed by atoms with van der Waals surface area (Å²) in [4.78, 5) is 0. The molecule has 2 nitrogen and oxygen atoms in total. The van der Waals surface area contributed by atoms with Gasteiger partial charge in [-0.05, 0) is 43.5 Å². The number of unbranched alkanes of at least 4 members (excludes halogenated alkanes) is 2. The van der Waals surface area contributed by atoms with Gasteiger partial charge in [0.05, 0.1) is 6.61 Å². The first-order chi connectivity index (χ1) is 8.45. The third-order valence-corrected chi connectivity index (χ3v) is 2.74. The average molecular weight is 229 g/mol. The maximum Gasteiger partial charge on any atom is 0.119 e. The van der Waals surface area contributed by atoms with Gasteiger partial charge in [-0.1, -0.05) is 18.2 Å². The summed E-state index contributed by atoms with van der Waals surface area (Å²) in [5.41, 5.74) is 0. The summed E-state index contributed by atoms with van der Waals surface area (Å²) in [6.07, 6.45) is 7.77. The standard InChI is InChI=1S/C15H19NO/c1-3-9-15(10-4-1)17-14-8-2-5-11-16-12-6-7-13-16/h1,3-4,6-7,9-10,12-13H,2,5,8,11,14H2. The summed E-state index contributed by atoms with van der Waals surface area (Å²) in [7, 11) is 0. The highest BCUT2D eigenvalue weighted by atomic mass is 16.5. The lowest BCUT2D eigenvalue weighted by molar-refractivity contribution is 0.304. The predicted octanol–water partition coefficient (Wildman–Crippen LogP) is 3.74. The van der Waals surface area contributed by atoms with E-state index in [9.17, 15) is 0 Å². The average Bonchev–Trinajstić information content (AvgIpc) is 2.88. The van der Waals surface area contributed by atoms with Crippen molar-refractivity contribution in [2.75, 3.05) is 6.61 Å². The van der Waals surface area contributed by atoms with Gasteiger partial charge < -0.3 is 9.30 Å². The molecular formula is C15H19NO. The van der Waals surface area contributed by atoms with E-state index in [2.05, 4.69) is 29.1 Å². The first kappa shape index (κ1) is 11.8. The first-order valence-corrected chi connectivity index (χ1v) is 6.24. The van der Waals surface area contributed by atoms with E-state index in [-0.39, 0.29) is 0 Å². The van der Waals surface area contributed by atoms with E-state index < -0.39 is 0 Å². The van der Waals surface area contributed by atoms with E-state index in [1.165, 1.54) is 12.8 Å². The fourth-order valence-electron chi connectivity index (χ4n) is 1.80. The Labute approximate surface area is 103 Å². The smallest absolute Gasteiger partial charge is 0.119 e. The van der Waals surface area contributed by atoms with E-state index in [4.69, 9.17) is 4.74 Å². The summed E-state index contributed by atoms with van der Waals surface area (Å²) in [5, 5.41) is 0. The van der Waals surface area contributed by atoms with Crippen LogP contribution >= 0.6 is 0 Å². The Kier molecular flexibility index (Phi) is 4.70. The van der Waals surface area contributed by atoms with Gasteiger partial charge in [0.15, 0.2) is 0 Å². The van der Waals surface area contributed by atoms with Crippen LogP contribution in [0.25, 0.3) is 0 Å². The normalized spacial score (nSPS) is 10.4. The second-order valence-electron chi connectivity index (χ2n) is 4.14. The molecule has 0 saturated heterocycles. The lowest BCUT2D eigenvalue weighted by atomic mass is 10.2. The second-order valence-corrected chi connectivity index (χ2v) is 4.14. The zero-order valence-corrected chi connectivity index (χ0v) is 10.1. The van der Waals surface area contributed by atoms with Crippen LogP contribution in [0.5, 0.6) is 5.75 Å². The minimum atomic E-state index is 0.815. The molecule has 1 aromatic carbocycles. The van der Waals surface area contributed by atoms with Gasteiger partial charge in [-0.2, -0.15) is 0 Å². The Morgan fingerprint density at radius 3 is 2.35 bits per heavy atom. The van der Waals surface area contributed by atoms with Crippen LogP contribution in [0.15, 0.2) is 54.9 Å². The Hall–Kier alpha value is -1.70. The molecule has 0 spiro atoms. The van der Waals surface area contributed by atoms with Gasteiger partial charge in [0.1, 0.15) is 5.75 Å². The highest BCUT2D eigenvalue weighted by Gasteiger charge is 1.93. The lowest BCUT2D eigenvalue weighted by Gasteiger charge is -2.06. The number of benzene rings is 1. The van der Waals surface area contributed by atoms with Gasteiger partial charge in [0.2, 0.25) is 0 Å². The number of hydrogen-bond acceptors (Lipinski definition) is 1. The van der Waals surface area contributed by atoms with Crippen molar-refractivity contribution >= 4 is 0 Å². The van der Waals surface area contributed by atoms with Crippen molar-refractivity contribution in [3.63, 3.8) is 0 Å². The fraction of sp³-hybridized carbons (Fsp3) is 0.333. The third kappa shape index (κ3) is 4.35. The monoisotopic (exact) mass is 229 g/mol. The number of rotatable bonds is 7. The number of nitrogens with zero attached hydrogens (tertiary/aromatic N) is 1. The summed E-state index contributed by atoms with van der Waals surface area (Å²) in [6, 6.07) is 14.1. The minimum absolute atomic E-state index is 0.815. The Bertz CT molecular complexity index is 394. The van der Waals surface area contributed by atoms with Crippen LogP contribution in [0.4, 0.5) is 0 Å². The molecule has 0 radical (unpaired) electrons. The molecular weight excluding hydrogens is 210 g/mol. The Morgan fingerprint density at radius 1 is 0.824 bits per heavy atom. The molecule has 0 fully saturated rings. The maximum atomic E-state index is 5.64. The molecule has 0 bridgehead atoms. The van der Waals surface area contributed by atoms with Crippen LogP contribution in [0.1, 0.15) is 19.3 Å². The molecule has 2 heteroatoms. The van der Waals surface area contributed by atoms with Crippen molar-refractivity contribution in [2.45, 2.75) is 25.8 Å². The van der Waals surface area contributed by atoms with Crippen LogP contribution in [0, 0.1) is 0 Å². The van der Waals surface area contributed by atoms with Gasteiger partial charge in [0, 0.05) is 18.9 Å². The van der Waals surface area contributed by atoms with E-state index in [1.54, 1.807) is 0 Å². The van der Waals surface area contributed by atoms with Crippen LogP contribution in [-0.4, -0.2) is 11.2 Å². The fourth-order valence-corrected chi connectivity index (χ4v) is 1.80. The van der Waals surface area contributed by atoms with Crippen molar-refractivity contribution in [3.05, 3.63) is 54.9 Å². The van der Waals surface area contributed by atoms with Crippen LogP contribution < -0.4 is 4.74 Å². The van der Waals surface area contributed by atoms with Crippen molar-refractivity contribution in [1.29, 1.82) is 0 Å². The molecule has 90 valence electrons. The molecule has 1 aromatic heterocycles. The van der Waals surface area contributed by atoms with Gasteiger partial charge in [0.25, 0.3) is 0 Å². The van der Waals surface area contributed by atoms with Crippen LogP contribution in [-0.2, 0) is 6.54 Å². The summed E-state index contributed by atoms with van der Waals surface area (Å²) in [5.74, 6) is 0.970. The van der Waals surface area contributed by atoms with Crippen molar-refractivity contribution in [2.24, 2.45) is 0 Å². The predicted molar refractivity (Wildman–Crippen MR) is 70.2 cm³/mol. The molecule has 2 aromatic rings. The van der Waals surface area contributed by atoms with Crippen LogP contribution in [0.2, 0.25) is 0 Å². The van der Waals surface area contributed by atoms with E-state index in [0.29, 0.717) is 0 Å². The molecule has 0 N–H and O–H groups in total. The third-order valence-electron chi connectivity index (χ3n) is 2.74. The lowest BCUT2D eigenvalue weighted by Crippen LogP contribution is -1.99. The number of ether oxygens (including phenoxy) is 1. The van der Waals surface area contributed by atoms with Gasteiger partial charge in [-0.15, -0.1) is 0 Å². The molecule has 0 unspecified atom stereocenters. The minimum Gasteiger partial charge on any atom is -0.494 e. The van der Waals surface area contributed by atoms with Crippen molar-refractivity contribution in [1.82, 2.24) is 4.57 Å². The number of para-hydroxylation sites is 1. The Balaban J connectivity index is 1.52. The first-order valence-electron chi connectivity index (χ1n) is 6.24. The summed E-state index contributed by atoms with van der Waals surface area (Å²) >= 11 is 0. The van der Waals surface area contributed by atoms with E-state index >= 15 is 0 Å². The van der Waals surface area contributed by atoms with Gasteiger partial charge >= 0.3 is 0 Å². The number of hydrogen-bond donors (Lipinski definition) is 0. The van der Waals surface area contributed by atoms with Crippen molar-refractivity contribution in [3.8, 4) is 5.75 Å². The zero-order chi connectivity index (χ0) is 11.8. The molecule has 17 heavy (non-hydrogen) atoms. The molecule has 0 aliphatic heterocycles. The van der Waals surface area contributed by atoms with Crippen LogP contribution in [0.3, 0.4) is 0 Å². The molecule has 0 saturated carbocycles. The molecule has 1 heterocycles. The topological polar surface area (TPSA) is 14.2 Å².